The van der Waals surface area contributed by atoms with Gasteiger partial charge >= 0.3 is 5.97 Å². The smallest absolute Gasteiger partial charge is 0.328 e. The zero-order valence-electron chi connectivity index (χ0n) is 20.1. The fourth-order valence-electron chi connectivity index (χ4n) is 4.51. The van der Waals surface area contributed by atoms with Crippen molar-refractivity contribution in [2.45, 2.75) is 52.0 Å². The van der Waals surface area contributed by atoms with E-state index < -0.39 is 11.8 Å². The molecule has 2 aromatic heterocycles. The van der Waals surface area contributed by atoms with Gasteiger partial charge in [0.15, 0.2) is 5.65 Å². The predicted molar refractivity (Wildman–Crippen MR) is 130 cm³/mol. The van der Waals surface area contributed by atoms with Gasteiger partial charge in [0.1, 0.15) is 17.3 Å². The van der Waals surface area contributed by atoms with Gasteiger partial charge in [0.25, 0.3) is 5.91 Å². The first-order chi connectivity index (χ1) is 16.8. The van der Waals surface area contributed by atoms with Crippen molar-refractivity contribution in [2.24, 2.45) is 0 Å². The molecule has 1 N–H and O–H groups in total. The summed E-state index contributed by atoms with van der Waals surface area (Å²) in [5.74, 6) is -1.74. The van der Waals surface area contributed by atoms with Crippen LogP contribution in [0, 0.1) is 5.82 Å². The maximum atomic E-state index is 15.4. The summed E-state index contributed by atoms with van der Waals surface area (Å²) in [6, 6.07) is 6.64. The molecule has 1 aliphatic heterocycles. The van der Waals surface area contributed by atoms with E-state index in [1.54, 1.807) is 22.7 Å². The summed E-state index contributed by atoms with van der Waals surface area (Å²) in [6.45, 7) is 4.74. The van der Waals surface area contributed by atoms with Crippen molar-refractivity contribution in [1.82, 2.24) is 19.5 Å². The number of hydrogen-bond donors (Lipinski definition) is 1. The van der Waals surface area contributed by atoms with Crippen molar-refractivity contribution < 1.29 is 23.8 Å². The molecule has 1 aromatic carbocycles. The van der Waals surface area contributed by atoms with Crippen LogP contribution in [0.1, 0.15) is 61.3 Å². The Morgan fingerprint density at radius 3 is 2.77 bits per heavy atom. The van der Waals surface area contributed by atoms with Gasteiger partial charge in [-0.15, -0.1) is 0 Å². The summed E-state index contributed by atoms with van der Waals surface area (Å²) in [5, 5.41) is 13.5. The van der Waals surface area contributed by atoms with E-state index in [-0.39, 0.29) is 28.8 Å². The third-order valence-electron chi connectivity index (χ3n) is 6.42. The van der Waals surface area contributed by atoms with Crippen molar-refractivity contribution in [2.75, 3.05) is 13.7 Å². The zero-order chi connectivity index (χ0) is 25.1. The highest BCUT2D eigenvalue weighted by atomic mass is 19.1. The number of rotatable bonds is 6. The number of carboxylic acid groups (broad SMARTS) is 1. The molecule has 0 saturated carbocycles. The lowest BCUT2D eigenvalue weighted by Crippen LogP contribution is -2.38. The minimum atomic E-state index is -1.20. The van der Waals surface area contributed by atoms with E-state index >= 15 is 4.39 Å². The van der Waals surface area contributed by atoms with Gasteiger partial charge < -0.3 is 14.7 Å². The number of nitrogens with zero attached hydrogens (tertiary/aromatic N) is 4. The molecule has 9 heteroatoms. The Morgan fingerprint density at radius 2 is 2.06 bits per heavy atom. The molecule has 4 rings (SSSR count). The Hall–Kier alpha value is -3.75. The summed E-state index contributed by atoms with van der Waals surface area (Å²) < 4.78 is 22.3. The molecule has 1 atom stereocenters. The summed E-state index contributed by atoms with van der Waals surface area (Å²) in [6.07, 6.45) is 6.79. The molecule has 0 radical (unpaired) electrons. The molecule has 3 heterocycles. The molecule has 35 heavy (non-hydrogen) atoms. The number of carbonyl (C=O) groups is 2. The maximum Gasteiger partial charge on any atom is 0.328 e. The first-order valence-corrected chi connectivity index (χ1v) is 11.8. The summed E-state index contributed by atoms with van der Waals surface area (Å²) in [4.78, 5) is 30.8. The second-order valence-electron chi connectivity index (χ2n) is 8.70. The minimum Gasteiger partial charge on any atom is -0.496 e. The molecule has 0 bridgehead atoms. The monoisotopic (exact) mass is 480 g/mol. The van der Waals surface area contributed by atoms with Crippen molar-refractivity contribution in [1.29, 1.82) is 0 Å². The standard InChI is InChI=1S/C26H29FN4O4/c1-4-17-14-21(26(34)30-13-7-5-6-8-16(30)2)28-23-15-20(29-31(17)23)18-9-11-22(35-3)19(25(18)27)10-12-24(32)33/h9-12,14-16H,4-8,13H2,1-3H3,(H,32,33)/b12-10+/t16-/m1/s1. The number of aromatic nitrogens is 3. The first-order valence-electron chi connectivity index (χ1n) is 11.8. The number of aryl methyl sites for hydroxylation is 1. The molecular weight excluding hydrogens is 451 g/mol. The number of methoxy groups -OCH3 is 1. The molecule has 8 nitrogen and oxygen atoms in total. The lowest BCUT2D eigenvalue weighted by Gasteiger charge is -2.27. The van der Waals surface area contributed by atoms with Gasteiger partial charge in [-0.25, -0.2) is 18.7 Å². The predicted octanol–water partition coefficient (Wildman–Crippen LogP) is 4.61. The average molecular weight is 481 g/mol. The number of carboxylic acids is 1. The van der Waals surface area contributed by atoms with Crippen LogP contribution < -0.4 is 4.74 Å². The van der Waals surface area contributed by atoms with Crippen LogP contribution in [0.25, 0.3) is 23.0 Å². The van der Waals surface area contributed by atoms with Gasteiger partial charge in [0.2, 0.25) is 0 Å². The highest BCUT2D eigenvalue weighted by Crippen LogP contribution is 2.32. The van der Waals surface area contributed by atoms with Crippen LogP contribution in [0.5, 0.6) is 5.75 Å². The third-order valence-corrected chi connectivity index (χ3v) is 6.42. The Morgan fingerprint density at radius 1 is 1.26 bits per heavy atom. The molecule has 0 spiro atoms. The van der Waals surface area contributed by atoms with Crippen LogP contribution in [0.15, 0.2) is 30.3 Å². The van der Waals surface area contributed by atoms with E-state index in [0.717, 1.165) is 43.5 Å². The van der Waals surface area contributed by atoms with E-state index in [2.05, 4.69) is 17.0 Å². The SMILES string of the molecule is CCc1cc(C(=O)N2CCCCC[C@H]2C)nc2cc(-c3ccc(OC)c(/C=C/C(=O)O)c3F)nn12. The lowest BCUT2D eigenvalue weighted by molar-refractivity contribution is -0.131. The van der Waals surface area contributed by atoms with E-state index in [0.29, 0.717) is 30.0 Å². The van der Waals surface area contributed by atoms with Gasteiger partial charge in [-0.3, -0.25) is 4.79 Å². The average Bonchev–Trinajstić information content (AvgIpc) is 3.15. The number of aliphatic carboxylic acids is 1. The molecule has 1 aliphatic rings. The van der Waals surface area contributed by atoms with Crippen LogP contribution in [-0.4, -0.2) is 56.2 Å². The minimum absolute atomic E-state index is 0.0131. The highest BCUT2D eigenvalue weighted by Gasteiger charge is 2.25. The second-order valence-corrected chi connectivity index (χ2v) is 8.70. The van der Waals surface area contributed by atoms with Gasteiger partial charge in [0.05, 0.1) is 18.4 Å². The van der Waals surface area contributed by atoms with E-state index in [4.69, 9.17) is 9.84 Å². The van der Waals surface area contributed by atoms with Gasteiger partial charge in [0, 0.05) is 36.0 Å². The maximum absolute atomic E-state index is 15.4. The van der Waals surface area contributed by atoms with Crippen LogP contribution >= 0.6 is 0 Å². The second kappa shape index (κ2) is 10.2. The van der Waals surface area contributed by atoms with Crippen LogP contribution in [0.4, 0.5) is 4.39 Å². The number of likely N-dealkylation sites (tertiary alicyclic amines) is 1. The largest absolute Gasteiger partial charge is 0.496 e. The number of ether oxygens (including phenoxy) is 1. The summed E-state index contributed by atoms with van der Waals surface area (Å²) in [7, 11) is 1.39. The third kappa shape index (κ3) is 4.89. The number of hydrogen-bond acceptors (Lipinski definition) is 5. The lowest BCUT2D eigenvalue weighted by atomic mass is 10.1. The van der Waals surface area contributed by atoms with E-state index in [1.807, 2.05) is 11.8 Å². The molecule has 1 fully saturated rings. The zero-order valence-corrected chi connectivity index (χ0v) is 20.1. The molecule has 184 valence electrons. The number of halogens is 1. The van der Waals surface area contributed by atoms with Crippen molar-refractivity contribution in [3.63, 3.8) is 0 Å². The van der Waals surface area contributed by atoms with E-state index in [9.17, 15) is 9.59 Å². The molecule has 0 unspecified atom stereocenters. The van der Waals surface area contributed by atoms with Gasteiger partial charge in [-0.2, -0.15) is 5.10 Å². The Labute approximate surface area is 203 Å². The van der Waals surface area contributed by atoms with Crippen LogP contribution in [0.2, 0.25) is 0 Å². The Balaban J connectivity index is 1.78. The Kier molecular flexibility index (Phi) is 7.14. The topological polar surface area (TPSA) is 97.0 Å². The number of carbonyl (C=O) groups excluding carboxylic acids is 1. The van der Waals surface area contributed by atoms with E-state index in [1.165, 1.54) is 13.2 Å². The van der Waals surface area contributed by atoms with Crippen molar-refractivity contribution in [3.8, 4) is 17.0 Å². The number of fused-ring (bicyclic) bond motifs is 1. The summed E-state index contributed by atoms with van der Waals surface area (Å²) >= 11 is 0. The highest BCUT2D eigenvalue weighted by molar-refractivity contribution is 5.93. The van der Waals surface area contributed by atoms with Gasteiger partial charge in [-0.1, -0.05) is 19.8 Å². The molecule has 3 aromatic rings. The quantitative estimate of drug-likeness (QED) is 0.518. The van der Waals surface area contributed by atoms with Crippen molar-refractivity contribution in [3.05, 3.63) is 53.1 Å². The summed E-state index contributed by atoms with van der Waals surface area (Å²) in [5.41, 5.74) is 2.10. The van der Waals surface area contributed by atoms with Gasteiger partial charge in [-0.05, 0) is 50.5 Å². The Bertz CT molecular complexity index is 1300. The number of benzene rings is 1. The van der Waals surface area contributed by atoms with Crippen molar-refractivity contribution >= 4 is 23.6 Å². The molecular formula is C26H29FN4O4. The number of amides is 1. The fourth-order valence-corrected chi connectivity index (χ4v) is 4.51. The fraction of sp³-hybridized carbons (Fsp3) is 0.385. The van der Waals surface area contributed by atoms with Crippen LogP contribution in [-0.2, 0) is 11.2 Å². The molecule has 1 saturated heterocycles. The first kappa shape index (κ1) is 24.4. The molecule has 1 amide bonds. The van der Waals surface area contributed by atoms with Crippen LogP contribution in [0.3, 0.4) is 0 Å². The molecule has 0 aliphatic carbocycles. The normalized spacial score (nSPS) is 16.6.